The number of aromatic nitrogens is 2. The molecule has 1 amide bonds. The zero-order chi connectivity index (χ0) is 25.8. The van der Waals surface area contributed by atoms with Crippen molar-refractivity contribution in [2.24, 2.45) is 0 Å². The van der Waals surface area contributed by atoms with Crippen LogP contribution in [0.4, 0.5) is 0 Å². The number of nitrogens with zero attached hydrogens (tertiary/aromatic N) is 3. The number of likely N-dealkylation sites (tertiary alicyclic amines) is 1. The third-order valence-electron chi connectivity index (χ3n) is 6.73. The molecule has 192 valence electrons. The Morgan fingerprint density at radius 2 is 1.95 bits per heavy atom. The number of nitrogens with one attached hydrogen (secondary N) is 1. The van der Waals surface area contributed by atoms with Crippen LogP contribution < -0.4 is 14.8 Å². The van der Waals surface area contributed by atoms with Gasteiger partial charge in [-0.25, -0.2) is 4.98 Å². The van der Waals surface area contributed by atoms with Crippen molar-refractivity contribution in [1.29, 1.82) is 0 Å². The molecule has 5 rings (SSSR count). The lowest BCUT2D eigenvalue weighted by atomic mass is 10.1. The SMILES string of the molecule is COc1ccc(S[C@@H]2C[C@@H](C(=O)NCc3cn4ccccc4n3)N(Cc3ccc(OC)c(C)c3)C2)cc1. The van der Waals surface area contributed by atoms with Gasteiger partial charge in [0, 0.05) is 35.6 Å². The molecule has 0 radical (unpaired) electrons. The highest BCUT2D eigenvalue weighted by atomic mass is 32.2. The summed E-state index contributed by atoms with van der Waals surface area (Å²) in [4.78, 5) is 21.5. The Morgan fingerprint density at radius 1 is 1.11 bits per heavy atom. The Labute approximate surface area is 221 Å². The van der Waals surface area contributed by atoms with Crippen molar-refractivity contribution in [3.05, 3.63) is 89.9 Å². The van der Waals surface area contributed by atoms with E-state index in [2.05, 4.69) is 39.5 Å². The second-order valence-electron chi connectivity index (χ2n) is 9.32. The molecule has 2 atom stereocenters. The number of methoxy groups -OCH3 is 2. The minimum atomic E-state index is -0.213. The van der Waals surface area contributed by atoms with Gasteiger partial charge >= 0.3 is 0 Å². The highest BCUT2D eigenvalue weighted by molar-refractivity contribution is 8.00. The first-order valence-electron chi connectivity index (χ1n) is 12.4. The van der Waals surface area contributed by atoms with Gasteiger partial charge in [0.2, 0.25) is 5.91 Å². The third kappa shape index (κ3) is 5.92. The molecule has 3 heterocycles. The van der Waals surface area contributed by atoms with Crippen molar-refractivity contribution in [1.82, 2.24) is 19.6 Å². The van der Waals surface area contributed by atoms with Crippen LogP contribution in [0.25, 0.3) is 5.65 Å². The second kappa shape index (κ2) is 11.3. The molecule has 1 aliphatic rings. The van der Waals surface area contributed by atoms with Gasteiger partial charge < -0.3 is 19.2 Å². The first-order chi connectivity index (χ1) is 18.0. The molecular formula is C29H32N4O3S. The van der Waals surface area contributed by atoms with Crippen molar-refractivity contribution in [2.75, 3.05) is 20.8 Å². The average molecular weight is 517 g/mol. The fraction of sp³-hybridized carbons (Fsp3) is 0.310. The van der Waals surface area contributed by atoms with Crippen LogP contribution in [0, 0.1) is 6.92 Å². The highest BCUT2D eigenvalue weighted by Crippen LogP contribution is 2.35. The fourth-order valence-corrected chi connectivity index (χ4v) is 6.11. The number of aryl methyl sites for hydroxylation is 1. The van der Waals surface area contributed by atoms with Crippen molar-refractivity contribution in [2.45, 2.75) is 42.6 Å². The third-order valence-corrected chi connectivity index (χ3v) is 7.95. The van der Waals surface area contributed by atoms with Crippen molar-refractivity contribution in [3.63, 3.8) is 0 Å². The van der Waals surface area contributed by atoms with Gasteiger partial charge in [-0.1, -0.05) is 18.2 Å². The lowest BCUT2D eigenvalue weighted by Gasteiger charge is -2.24. The van der Waals surface area contributed by atoms with Gasteiger partial charge in [-0.3, -0.25) is 9.69 Å². The Balaban J connectivity index is 1.30. The molecule has 2 aromatic heterocycles. The molecule has 1 fully saturated rings. The molecule has 7 nitrogen and oxygen atoms in total. The molecule has 0 aliphatic carbocycles. The molecule has 1 aliphatic heterocycles. The number of carbonyl (C=O) groups is 1. The first kappa shape index (κ1) is 25.2. The van der Waals surface area contributed by atoms with E-state index in [1.54, 1.807) is 14.2 Å². The van der Waals surface area contributed by atoms with E-state index in [0.717, 1.165) is 41.4 Å². The van der Waals surface area contributed by atoms with E-state index in [-0.39, 0.29) is 11.9 Å². The number of benzene rings is 2. The van der Waals surface area contributed by atoms with Gasteiger partial charge in [-0.2, -0.15) is 0 Å². The van der Waals surface area contributed by atoms with Gasteiger partial charge in [0.05, 0.1) is 32.5 Å². The number of imidazole rings is 1. The number of carbonyl (C=O) groups excluding carboxylic acids is 1. The molecule has 0 bridgehead atoms. The standard InChI is InChI=1S/C29H32N4O3S/c1-20-14-21(7-12-27(20)36-3)17-33-19-25(37-24-10-8-23(35-2)9-11-24)15-26(33)29(34)30-16-22-18-32-13-5-4-6-28(32)31-22/h4-14,18,25-26H,15-17,19H2,1-3H3,(H,30,34)/t25-,26+/m1/s1. The highest BCUT2D eigenvalue weighted by Gasteiger charge is 2.37. The number of hydrogen-bond donors (Lipinski definition) is 1. The number of pyridine rings is 1. The molecule has 1 N–H and O–H groups in total. The number of rotatable bonds is 9. The quantitative estimate of drug-likeness (QED) is 0.348. The molecule has 2 aromatic carbocycles. The van der Waals surface area contributed by atoms with Gasteiger partial charge in [0.15, 0.2) is 0 Å². The lowest BCUT2D eigenvalue weighted by molar-refractivity contribution is -0.125. The summed E-state index contributed by atoms with van der Waals surface area (Å²) >= 11 is 1.82. The van der Waals surface area contributed by atoms with Crippen LogP contribution in [0.3, 0.4) is 0 Å². The Kier molecular flexibility index (Phi) is 7.67. The number of thioether (sulfide) groups is 1. The Morgan fingerprint density at radius 3 is 2.68 bits per heavy atom. The van der Waals surface area contributed by atoms with Crippen LogP contribution in [-0.4, -0.2) is 52.2 Å². The Bertz CT molecular complexity index is 1340. The zero-order valence-corrected chi connectivity index (χ0v) is 22.2. The van der Waals surface area contributed by atoms with Crippen LogP contribution >= 0.6 is 11.8 Å². The fourth-order valence-electron chi connectivity index (χ4n) is 4.88. The van der Waals surface area contributed by atoms with E-state index >= 15 is 0 Å². The largest absolute Gasteiger partial charge is 0.497 e. The van der Waals surface area contributed by atoms with Crippen LogP contribution in [0.2, 0.25) is 0 Å². The molecule has 37 heavy (non-hydrogen) atoms. The summed E-state index contributed by atoms with van der Waals surface area (Å²) in [6.45, 7) is 3.99. The number of ether oxygens (including phenoxy) is 2. The normalized spacial score (nSPS) is 17.7. The smallest absolute Gasteiger partial charge is 0.237 e. The summed E-state index contributed by atoms with van der Waals surface area (Å²) < 4.78 is 12.7. The molecule has 8 heteroatoms. The average Bonchev–Trinajstić information content (AvgIpc) is 3.51. The van der Waals surface area contributed by atoms with E-state index in [4.69, 9.17) is 9.47 Å². The predicted molar refractivity (Wildman–Crippen MR) is 146 cm³/mol. The van der Waals surface area contributed by atoms with Crippen LogP contribution in [0.5, 0.6) is 11.5 Å². The zero-order valence-electron chi connectivity index (χ0n) is 21.4. The van der Waals surface area contributed by atoms with Gasteiger partial charge in [-0.15, -0.1) is 11.8 Å². The summed E-state index contributed by atoms with van der Waals surface area (Å²) in [5.74, 6) is 1.76. The minimum Gasteiger partial charge on any atom is -0.497 e. The van der Waals surface area contributed by atoms with Gasteiger partial charge in [-0.05, 0) is 66.9 Å². The summed E-state index contributed by atoms with van der Waals surface area (Å²) in [5.41, 5.74) is 3.99. The predicted octanol–water partition coefficient (Wildman–Crippen LogP) is 4.71. The maximum absolute atomic E-state index is 13.5. The number of hydrogen-bond acceptors (Lipinski definition) is 6. The molecule has 0 unspecified atom stereocenters. The maximum atomic E-state index is 13.5. The molecule has 4 aromatic rings. The summed E-state index contributed by atoms with van der Waals surface area (Å²) in [6.07, 6.45) is 4.71. The van der Waals surface area contributed by atoms with Crippen LogP contribution in [0.15, 0.2) is 78.0 Å². The molecule has 1 saturated heterocycles. The Hall–Kier alpha value is -3.49. The molecule has 0 spiro atoms. The monoisotopic (exact) mass is 516 g/mol. The van der Waals surface area contributed by atoms with Crippen molar-refractivity contribution >= 4 is 23.3 Å². The van der Waals surface area contributed by atoms with E-state index in [1.165, 1.54) is 10.5 Å². The topological polar surface area (TPSA) is 68.1 Å². The summed E-state index contributed by atoms with van der Waals surface area (Å²) in [7, 11) is 3.36. The van der Waals surface area contributed by atoms with Gasteiger partial charge in [0.1, 0.15) is 17.1 Å². The second-order valence-corrected chi connectivity index (χ2v) is 10.7. The van der Waals surface area contributed by atoms with Crippen LogP contribution in [0.1, 0.15) is 23.2 Å². The number of amides is 1. The van der Waals surface area contributed by atoms with E-state index in [1.807, 2.05) is 71.9 Å². The summed E-state index contributed by atoms with van der Waals surface area (Å²) in [6, 6.07) is 20.0. The first-order valence-corrected chi connectivity index (χ1v) is 13.3. The van der Waals surface area contributed by atoms with E-state index in [9.17, 15) is 4.79 Å². The lowest BCUT2D eigenvalue weighted by Crippen LogP contribution is -2.42. The van der Waals surface area contributed by atoms with Crippen molar-refractivity contribution < 1.29 is 14.3 Å². The van der Waals surface area contributed by atoms with E-state index in [0.29, 0.717) is 18.3 Å². The molecular weight excluding hydrogens is 484 g/mol. The maximum Gasteiger partial charge on any atom is 0.237 e. The van der Waals surface area contributed by atoms with Gasteiger partial charge in [0.25, 0.3) is 0 Å². The minimum absolute atomic E-state index is 0.0418. The van der Waals surface area contributed by atoms with Crippen molar-refractivity contribution in [3.8, 4) is 11.5 Å². The van der Waals surface area contributed by atoms with E-state index < -0.39 is 0 Å². The molecule has 0 saturated carbocycles. The summed E-state index contributed by atoms with van der Waals surface area (Å²) in [5, 5.41) is 3.45. The van der Waals surface area contributed by atoms with Crippen LogP contribution in [-0.2, 0) is 17.9 Å². The number of fused-ring (bicyclic) bond motifs is 1.